The van der Waals surface area contributed by atoms with Crippen LogP contribution in [0.25, 0.3) is 0 Å². The first kappa shape index (κ1) is 28.0. The van der Waals surface area contributed by atoms with E-state index in [0.717, 1.165) is 0 Å². The van der Waals surface area contributed by atoms with E-state index in [1.54, 1.807) is 67.6 Å². The van der Waals surface area contributed by atoms with Crippen LogP contribution in [0.5, 0.6) is 0 Å². The average Bonchev–Trinajstić information content (AvgIpc) is 3.08. The van der Waals surface area contributed by atoms with E-state index in [2.05, 4.69) is 20.8 Å². The minimum atomic E-state index is -2.37. The molecule has 8 nitrogen and oxygen atoms in total. The van der Waals surface area contributed by atoms with Crippen molar-refractivity contribution in [2.75, 3.05) is 6.61 Å². The van der Waals surface area contributed by atoms with Crippen LogP contribution in [-0.2, 0) is 18.6 Å². The van der Waals surface area contributed by atoms with E-state index in [-0.39, 0.29) is 17.2 Å². The molecule has 1 aliphatic rings. The quantitative estimate of drug-likeness (QED) is 0.401. The van der Waals surface area contributed by atoms with Gasteiger partial charge in [0.15, 0.2) is 14.4 Å². The molecule has 36 heavy (non-hydrogen) atoms. The number of rotatable bonds is 8. The first-order valence-electron chi connectivity index (χ1n) is 12.0. The lowest BCUT2D eigenvalue weighted by Crippen LogP contribution is -2.57. The first-order valence-corrected chi connectivity index (χ1v) is 14.9. The van der Waals surface area contributed by atoms with E-state index < -0.39 is 50.5 Å². The number of hydrogen-bond acceptors (Lipinski definition) is 8. The molecule has 0 aliphatic carbocycles. The first-order chi connectivity index (χ1) is 16.8. The van der Waals surface area contributed by atoms with Crippen molar-refractivity contribution >= 4 is 20.3 Å². The highest BCUT2D eigenvalue weighted by molar-refractivity contribution is 6.74. The second-order valence-corrected chi connectivity index (χ2v) is 15.3. The summed E-state index contributed by atoms with van der Waals surface area (Å²) in [6.07, 6.45) is -5.04. The van der Waals surface area contributed by atoms with Gasteiger partial charge in [0.05, 0.1) is 17.2 Å². The lowest BCUT2D eigenvalue weighted by molar-refractivity contribution is -0.270. The van der Waals surface area contributed by atoms with Gasteiger partial charge in [0.2, 0.25) is 5.79 Å². The lowest BCUT2D eigenvalue weighted by atomic mass is 10.0. The van der Waals surface area contributed by atoms with Crippen LogP contribution in [0.2, 0.25) is 18.1 Å². The molecule has 2 unspecified atom stereocenters. The highest BCUT2D eigenvalue weighted by Gasteiger charge is 2.60. The summed E-state index contributed by atoms with van der Waals surface area (Å²) < 4.78 is 23.2. The van der Waals surface area contributed by atoms with Crippen molar-refractivity contribution < 1.29 is 38.4 Å². The molecule has 196 valence electrons. The average molecular weight is 517 g/mol. The van der Waals surface area contributed by atoms with Crippen molar-refractivity contribution in [3.05, 3.63) is 71.8 Å². The van der Waals surface area contributed by atoms with Crippen molar-refractivity contribution in [2.45, 2.75) is 76.0 Å². The lowest BCUT2D eigenvalue weighted by Gasteiger charge is -2.42. The van der Waals surface area contributed by atoms with Gasteiger partial charge in [-0.2, -0.15) is 0 Å². The number of hydrogen-bond donors (Lipinski definition) is 2. The molecule has 1 fully saturated rings. The Hall–Kier alpha value is -2.56. The fraction of sp³-hybridized carbons (Fsp3) is 0.481. The maximum atomic E-state index is 12.8. The van der Waals surface area contributed by atoms with Gasteiger partial charge in [-0.1, -0.05) is 57.2 Å². The summed E-state index contributed by atoms with van der Waals surface area (Å²) in [7, 11) is -2.37. The third-order valence-electron chi connectivity index (χ3n) is 6.94. The Morgan fingerprint density at radius 2 is 1.50 bits per heavy atom. The molecule has 5 atom stereocenters. The Morgan fingerprint density at radius 3 is 2.00 bits per heavy atom. The van der Waals surface area contributed by atoms with Crippen molar-refractivity contribution in [1.82, 2.24) is 0 Å². The SMILES string of the molecule is CC(O[Si](C)(C)C(C)(C)C)C1(O)O[C@H](COC(=O)c2ccccc2)[C@@H](OC(=O)c2ccccc2)[C@@H]1O. The topological polar surface area (TPSA) is 112 Å². The Kier molecular flexibility index (Phi) is 8.42. The minimum absolute atomic E-state index is 0.162. The van der Waals surface area contributed by atoms with E-state index in [4.69, 9.17) is 18.6 Å². The molecule has 0 aromatic heterocycles. The zero-order valence-corrected chi connectivity index (χ0v) is 22.6. The summed E-state index contributed by atoms with van der Waals surface area (Å²) in [5.74, 6) is -3.51. The van der Waals surface area contributed by atoms with Crippen molar-refractivity contribution in [2.24, 2.45) is 0 Å². The van der Waals surface area contributed by atoms with Gasteiger partial charge in [-0.05, 0) is 49.3 Å². The van der Waals surface area contributed by atoms with E-state index in [9.17, 15) is 19.8 Å². The predicted octanol–water partition coefficient (Wildman–Crippen LogP) is 3.93. The number of esters is 2. The highest BCUT2D eigenvalue weighted by Crippen LogP contribution is 2.42. The smallest absolute Gasteiger partial charge is 0.338 e. The number of carbonyl (C=O) groups is 2. The Labute approximate surface area is 213 Å². The van der Waals surface area contributed by atoms with Crippen molar-refractivity contribution in [1.29, 1.82) is 0 Å². The van der Waals surface area contributed by atoms with E-state index >= 15 is 0 Å². The zero-order valence-electron chi connectivity index (χ0n) is 21.6. The monoisotopic (exact) mass is 516 g/mol. The van der Waals surface area contributed by atoms with Crippen LogP contribution in [-0.4, -0.2) is 67.3 Å². The van der Waals surface area contributed by atoms with Crippen molar-refractivity contribution in [3.8, 4) is 0 Å². The maximum Gasteiger partial charge on any atom is 0.338 e. The van der Waals surface area contributed by atoms with Gasteiger partial charge in [0.1, 0.15) is 18.8 Å². The van der Waals surface area contributed by atoms with E-state index in [1.165, 1.54) is 0 Å². The molecule has 0 amide bonds. The molecule has 0 saturated carbocycles. The van der Waals surface area contributed by atoms with E-state index in [0.29, 0.717) is 5.56 Å². The number of carbonyl (C=O) groups excluding carboxylic acids is 2. The second kappa shape index (κ2) is 10.8. The third kappa shape index (κ3) is 6.04. The second-order valence-electron chi connectivity index (χ2n) is 10.6. The molecule has 3 rings (SSSR count). The zero-order chi connectivity index (χ0) is 26.7. The standard InChI is InChI=1S/C27H36O8Si/c1-18(35-36(5,6)26(2,3)4)27(31)23(28)22(33-25(30)20-15-11-8-12-16-20)21(34-27)17-32-24(29)19-13-9-7-10-14-19/h7-16,18,21-23,28,31H,17H2,1-6H3/t18?,21-,22-,23+,27?/m1/s1. The largest absolute Gasteiger partial charge is 0.459 e. The summed E-state index contributed by atoms with van der Waals surface area (Å²) in [4.78, 5) is 25.3. The summed E-state index contributed by atoms with van der Waals surface area (Å²) in [5.41, 5.74) is 0.601. The molecular formula is C27H36O8Si. The van der Waals surface area contributed by atoms with Crippen LogP contribution in [0.4, 0.5) is 0 Å². The van der Waals surface area contributed by atoms with Crippen LogP contribution in [0.15, 0.2) is 60.7 Å². The Balaban J connectivity index is 1.83. The summed E-state index contributed by atoms with van der Waals surface area (Å²) >= 11 is 0. The number of aliphatic hydroxyl groups excluding tert-OH is 1. The van der Waals surface area contributed by atoms with Gasteiger partial charge in [-0.3, -0.25) is 0 Å². The molecule has 2 aromatic carbocycles. The number of aliphatic hydroxyl groups is 2. The number of ether oxygens (including phenoxy) is 3. The molecule has 2 aromatic rings. The molecule has 0 bridgehead atoms. The Morgan fingerprint density at radius 1 is 1.00 bits per heavy atom. The van der Waals surface area contributed by atoms with Crippen LogP contribution in [0.1, 0.15) is 48.4 Å². The summed E-state index contributed by atoms with van der Waals surface area (Å²) in [6, 6.07) is 16.7. The summed E-state index contributed by atoms with van der Waals surface area (Å²) in [5, 5.41) is 22.5. The minimum Gasteiger partial charge on any atom is -0.459 e. The normalized spacial score (nSPS) is 25.3. The Bertz CT molecular complexity index is 1040. The maximum absolute atomic E-state index is 12.8. The molecule has 1 saturated heterocycles. The van der Waals surface area contributed by atoms with Gasteiger partial charge < -0.3 is 28.8 Å². The van der Waals surface area contributed by atoms with Gasteiger partial charge >= 0.3 is 11.9 Å². The number of benzene rings is 2. The van der Waals surface area contributed by atoms with Gasteiger partial charge in [0, 0.05) is 0 Å². The predicted molar refractivity (Wildman–Crippen MR) is 136 cm³/mol. The molecular weight excluding hydrogens is 480 g/mol. The van der Waals surface area contributed by atoms with Gasteiger partial charge in [-0.15, -0.1) is 0 Å². The van der Waals surface area contributed by atoms with Crippen LogP contribution in [0, 0.1) is 0 Å². The third-order valence-corrected chi connectivity index (χ3v) is 11.5. The van der Waals surface area contributed by atoms with Crippen LogP contribution < -0.4 is 0 Å². The highest BCUT2D eigenvalue weighted by atomic mass is 28.4. The van der Waals surface area contributed by atoms with E-state index in [1.807, 2.05) is 13.1 Å². The fourth-order valence-corrected chi connectivity index (χ4v) is 5.11. The molecule has 0 spiro atoms. The molecule has 1 aliphatic heterocycles. The molecule has 2 N–H and O–H groups in total. The molecule has 1 heterocycles. The molecule has 0 radical (unpaired) electrons. The molecule has 9 heteroatoms. The van der Waals surface area contributed by atoms with Crippen molar-refractivity contribution in [3.63, 3.8) is 0 Å². The van der Waals surface area contributed by atoms with Gasteiger partial charge in [0.25, 0.3) is 0 Å². The fourth-order valence-electron chi connectivity index (χ4n) is 3.71. The summed E-state index contributed by atoms with van der Waals surface area (Å²) in [6.45, 7) is 11.4. The van der Waals surface area contributed by atoms with Crippen LogP contribution in [0.3, 0.4) is 0 Å². The van der Waals surface area contributed by atoms with Crippen LogP contribution >= 0.6 is 0 Å². The van der Waals surface area contributed by atoms with Gasteiger partial charge in [-0.25, -0.2) is 9.59 Å².